The fraction of sp³-hybridized carbons (Fsp3) is 0.586. The summed E-state index contributed by atoms with van der Waals surface area (Å²) in [5.74, 6) is 0.628. The lowest BCUT2D eigenvalue weighted by molar-refractivity contribution is -0.116. The Bertz CT molecular complexity index is 981. The normalized spacial score (nSPS) is 22.4. The molecule has 1 aliphatic carbocycles. The fourth-order valence-corrected chi connectivity index (χ4v) is 5.92. The van der Waals surface area contributed by atoms with Crippen LogP contribution in [0.15, 0.2) is 49.3 Å². The predicted molar refractivity (Wildman–Crippen MR) is 150 cm³/mol. The lowest BCUT2D eigenvalue weighted by Crippen LogP contribution is -2.19. The highest BCUT2D eigenvalue weighted by Crippen LogP contribution is 2.42. The number of nitrogens with zero attached hydrogens (tertiary/aromatic N) is 3. The van der Waals surface area contributed by atoms with Gasteiger partial charge >= 0.3 is 0 Å². The molecular formula is C29H42N4O3S. The van der Waals surface area contributed by atoms with Gasteiger partial charge in [0, 0.05) is 24.4 Å². The molecule has 5 atom stereocenters. The van der Waals surface area contributed by atoms with E-state index in [0.717, 1.165) is 74.8 Å². The minimum Gasteiger partial charge on any atom is -0.393 e. The van der Waals surface area contributed by atoms with Gasteiger partial charge in [-0.1, -0.05) is 75.0 Å². The maximum atomic E-state index is 12.3. The van der Waals surface area contributed by atoms with Gasteiger partial charge in [0.25, 0.3) is 0 Å². The second-order valence-corrected chi connectivity index (χ2v) is 11.0. The van der Waals surface area contributed by atoms with Gasteiger partial charge in [0.2, 0.25) is 11.0 Å². The molecule has 0 aromatic carbocycles. The Morgan fingerprint density at radius 1 is 1.19 bits per heavy atom. The largest absolute Gasteiger partial charge is 0.393 e. The van der Waals surface area contributed by atoms with Crippen LogP contribution in [0.25, 0.3) is 10.6 Å². The van der Waals surface area contributed by atoms with Crippen LogP contribution in [-0.2, 0) is 4.79 Å². The molecule has 0 radical (unpaired) electrons. The van der Waals surface area contributed by atoms with Crippen molar-refractivity contribution >= 4 is 22.4 Å². The lowest BCUT2D eigenvalue weighted by atomic mass is 9.84. The number of nitrogens with one attached hydrogen (secondary N) is 1. The summed E-state index contributed by atoms with van der Waals surface area (Å²) in [7, 11) is 0. The smallest absolute Gasteiger partial charge is 0.226 e. The summed E-state index contributed by atoms with van der Waals surface area (Å²) in [6.07, 6.45) is 18.8. The Labute approximate surface area is 225 Å². The Morgan fingerprint density at radius 3 is 2.73 bits per heavy atom. The molecule has 3 rings (SSSR count). The van der Waals surface area contributed by atoms with E-state index >= 15 is 0 Å². The van der Waals surface area contributed by atoms with Crippen molar-refractivity contribution in [3.63, 3.8) is 0 Å². The molecule has 1 saturated carbocycles. The van der Waals surface area contributed by atoms with Crippen LogP contribution in [0.4, 0.5) is 5.13 Å². The van der Waals surface area contributed by atoms with Crippen LogP contribution in [-0.4, -0.2) is 43.5 Å². The van der Waals surface area contributed by atoms with Crippen molar-refractivity contribution in [2.75, 3.05) is 5.32 Å². The van der Waals surface area contributed by atoms with E-state index in [1.54, 1.807) is 12.4 Å². The Kier molecular flexibility index (Phi) is 12.4. The number of allylic oxidation sites excluding steroid dienone is 2. The molecule has 0 saturated heterocycles. The number of hydrogen-bond donors (Lipinski definition) is 3. The van der Waals surface area contributed by atoms with E-state index in [2.05, 4.69) is 40.1 Å². The second-order valence-electron chi connectivity index (χ2n) is 10.0. The number of pyridine rings is 1. The van der Waals surface area contributed by atoms with Crippen LogP contribution < -0.4 is 5.32 Å². The van der Waals surface area contributed by atoms with Crippen molar-refractivity contribution < 1.29 is 15.0 Å². The molecule has 1 fully saturated rings. The molecule has 1 aliphatic rings. The van der Waals surface area contributed by atoms with Crippen molar-refractivity contribution in [2.45, 2.75) is 89.8 Å². The zero-order valence-corrected chi connectivity index (χ0v) is 22.8. The third-order valence-corrected chi connectivity index (χ3v) is 8.14. The van der Waals surface area contributed by atoms with Gasteiger partial charge in [-0.05, 0) is 55.6 Å². The molecular weight excluding hydrogens is 484 g/mol. The first-order chi connectivity index (χ1) is 18.0. The molecule has 5 unspecified atom stereocenters. The summed E-state index contributed by atoms with van der Waals surface area (Å²) in [6, 6.07) is 3.73. The van der Waals surface area contributed by atoms with Crippen molar-refractivity contribution in [3.8, 4) is 10.6 Å². The minimum atomic E-state index is -0.413. The van der Waals surface area contributed by atoms with Gasteiger partial charge in [0.1, 0.15) is 5.01 Å². The first-order valence-electron chi connectivity index (χ1n) is 13.7. The van der Waals surface area contributed by atoms with E-state index < -0.39 is 6.10 Å². The SMILES string of the molecule is C=CC1CC(O)C(CCCCCCC(=O)Nc2nnc(-c3ccncc3)s2)C1C=CC(O)CCCCC. The molecule has 2 heterocycles. The summed E-state index contributed by atoms with van der Waals surface area (Å²) in [4.78, 5) is 16.3. The van der Waals surface area contributed by atoms with E-state index in [0.29, 0.717) is 11.6 Å². The van der Waals surface area contributed by atoms with Crippen LogP contribution in [0.2, 0.25) is 0 Å². The maximum absolute atomic E-state index is 12.3. The average molecular weight is 527 g/mol. The Morgan fingerprint density at radius 2 is 1.97 bits per heavy atom. The van der Waals surface area contributed by atoms with Crippen molar-refractivity contribution in [1.82, 2.24) is 15.2 Å². The van der Waals surface area contributed by atoms with Gasteiger partial charge in [0.15, 0.2) is 0 Å². The second kappa shape index (κ2) is 15.7. The number of amides is 1. The number of rotatable bonds is 16. The molecule has 0 aliphatic heterocycles. The first kappa shape index (κ1) is 29.1. The number of carbonyl (C=O) groups is 1. The quantitative estimate of drug-likeness (QED) is 0.178. The highest BCUT2D eigenvalue weighted by Gasteiger charge is 2.39. The summed E-state index contributed by atoms with van der Waals surface area (Å²) < 4.78 is 0. The van der Waals surface area contributed by atoms with E-state index in [9.17, 15) is 15.0 Å². The van der Waals surface area contributed by atoms with E-state index in [1.807, 2.05) is 24.3 Å². The topological polar surface area (TPSA) is 108 Å². The summed E-state index contributed by atoms with van der Waals surface area (Å²) in [5, 5.41) is 33.3. The van der Waals surface area contributed by atoms with Crippen LogP contribution in [0, 0.1) is 17.8 Å². The number of unbranched alkanes of at least 4 members (excludes halogenated alkanes) is 5. The Hall–Kier alpha value is -2.42. The van der Waals surface area contributed by atoms with E-state index in [1.165, 1.54) is 11.3 Å². The fourth-order valence-electron chi connectivity index (χ4n) is 5.15. The number of carbonyl (C=O) groups excluding carboxylic acids is 1. The molecule has 7 nitrogen and oxygen atoms in total. The molecule has 2 aromatic rings. The van der Waals surface area contributed by atoms with Gasteiger partial charge in [0.05, 0.1) is 12.2 Å². The molecule has 202 valence electrons. The molecule has 2 aromatic heterocycles. The predicted octanol–water partition coefficient (Wildman–Crippen LogP) is 6.18. The zero-order valence-electron chi connectivity index (χ0n) is 22.0. The molecule has 37 heavy (non-hydrogen) atoms. The number of anilines is 1. The van der Waals surface area contributed by atoms with Crippen LogP contribution >= 0.6 is 11.3 Å². The van der Waals surface area contributed by atoms with Crippen LogP contribution in [0.3, 0.4) is 0 Å². The van der Waals surface area contributed by atoms with Gasteiger partial charge in [-0.15, -0.1) is 16.8 Å². The highest BCUT2D eigenvalue weighted by molar-refractivity contribution is 7.18. The van der Waals surface area contributed by atoms with Crippen molar-refractivity contribution in [3.05, 3.63) is 49.3 Å². The molecule has 0 spiro atoms. The van der Waals surface area contributed by atoms with Gasteiger partial charge in [-0.2, -0.15) is 0 Å². The van der Waals surface area contributed by atoms with Gasteiger partial charge in [-0.3, -0.25) is 9.78 Å². The molecule has 0 bridgehead atoms. The van der Waals surface area contributed by atoms with Crippen molar-refractivity contribution in [2.24, 2.45) is 17.8 Å². The van der Waals surface area contributed by atoms with Gasteiger partial charge in [-0.25, -0.2) is 0 Å². The molecule has 3 N–H and O–H groups in total. The lowest BCUT2D eigenvalue weighted by Gasteiger charge is -2.22. The third kappa shape index (κ3) is 9.43. The standard InChI is InChI=1S/C29H42N4O3S/c1-3-5-8-11-23(34)14-15-24-21(4-2)20-26(35)25(24)12-9-6-7-10-13-27(36)31-29-33-32-28(37-29)22-16-18-30-19-17-22/h4,14-19,21,23-26,34-35H,2-3,5-13,20H2,1H3,(H,31,33,36). The Balaban J connectivity index is 1.35. The van der Waals surface area contributed by atoms with E-state index in [-0.39, 0.29) is 29.8 Å². The number of aromatic nitrogens is 3. The van der Waals surface area contributed by atoms with Crippen molar-refractivity contribution in [1.29, 1.82) is 0 Å². The summed E-state index contributed by atoms with van der Waals surface area (Å²) in [6.45, 7) is 6.14. The average Bonchev–Trinajstić information content (AvgIpc) is 3.49. The third-order valence-electron chi connectivity index (χ3n) is 7.25. The number of hydrogen-bond acceptors (Lipinski definition) is 7. The molecule has 8 heteroatoms. The van der Waals surface area contributed by atoms with E-state index in [4.69, 9.17) is 0 Å². The van der Waals surface area contributed by atoms with Crippen LogP contribution in [0.1, 0.15) is 77.6 Å². The highest BCUT2D eigenvalue weighted by atomic mass is 32.1. The molecule has 1 amide bonds. The number of aliphatic hydroxyl groups excluding tert-OH is 2. The first-order valence-corrected chi connectivity index (χ1v) is 14.5. The zero-order chi connectivity index (χ0) is 26.5. The monoisotopic (exact) mass is 526 g/mol. The van der Waals surface area contributed by atoms with Crippen LogP contribution in [0.5, 0.6) is 0 Å². The number of aliphatic hydroxyl groups is 2. The minimum absolute atomic E-state index is 0.0415. The summed E-state index contributed by atoms with van der Waals surface area (Å²) >= 11 is 1.35. The summed E-state index contributed by atoms with van der Waals surface area (Å²) in [5.41, 5.74) is 0.931. The van der Waals surface area contributed by atoms with Gasteiger partial charge < -0.3 is 15.5 Å². The maximum Gasteiger partial charge on any atom is 0.226 e.